The highest BCUT2D eigenvalue weighted by Gasteiger charge is 2.27. The summed E-state index contributed by atoms with van der Waals surface area (Å²) in [4.78, 5) is 14.9. The molecule has 0 bridgehead atoms. The van der Waals surface area contributed by atoms with Gasteiger partial charge in [-0.2, -0.15) is 0 Å². The summed E-state index contributed by atoms with van der Waals surface area (Å²) >= 11 is 6.24. The minimum Gasteiger partial charge on any atom is -0.377 e. The zero-order valence-electron chi connectivity index (χ0n) is 16.0. The van der Waals surface area contributed by atoms with Crippen molar-refractivity contribution >= 4 is 34.5 Å². The van der Waals surface area contributed by atoms with Crippen molar-refractivity contribution in [1.29, 1.82) is 0 Å². The SMILES string of the molecule is CC(C)n1c(N2CCOC[C@H]2C)nc2c(F)cc(-c3nc(N)ncc3Cl)cc21. The number of halogens is 2. The topological polar surface area (TPSA) is 82.1 Å². The molecule has 1 fully saturated rings. The molecule has 1 atom stereocenters. The van der Waals surface area contributed by atoms with Gasteiger partial charge in [0.05, 0.1) is 41.7 Å². The molecule has 28 heavy (non-hydrogen) atoms. The van der Waals surface area contributed by atoms with Crippen LogP contribution in [0.5, 0.6) is 0 Å². The van der Waals surface area contributed by atoms with E-state index < -0.39 is 5.82 Å². The molecular formula is C19H22ClFN6O. The van der Waals surface area contributed by atoms with E-state index in [1.165, 1.54) is 12.3 Å². The number of aromatic nitrogens is 4. The molecule has 0 saturated carbocycles. The van der Waals surface area contributed by atoms with Crippen molar-refractivity contribution in [2.45, 2.75) is 32.9 Å². The zero-order valence-corrected chi connectivity index (χ0v) is 16.7. The van der Waals surface area contributed by atoms with Gasteiger partial charge in [-0.05, 0) is 32.9 Å². The van der Waals surface area contributed by atoms with E-state index in [0.717, 1.165) is 5.95 Å². The lowest BCUT2D eigenvalue weighted by Gasteiger charge is -2.35. The third kappa shape index (κ3) is 3.16. The van der Waals surface area contributed by atoms with Crippen molar-refractivity contribution in [3.63, 3.8) is 0 Å². The summed E-state index contributed by atoms with van der Waals surface area (Å²) in [6, 6.07) is 3.48. The summed E-state index contributed by atoms with van der Waals surface area (Å²) in [6.07, 6.45) is 1.42. The summed E-state index contributed by atoms with van der Waals surface area (Å²) in [5.41, 5.74) is 7.64. The van der Waals surface area contributed by atoms with Crippen molar-refractivity contribution in [3.05, 3.63) is 29.2 Å². The number of nitrogens with two attached hydrogens (primary N) is 1. The van der Waals surface area contributed by atoms with Crippen LogP contribution >= 0.6 is 11.6 Å². The number of imidazole rings is 1. The summed E-state index contributed by atoms with van der Waals surface area (Å²) < 4.78 is 22.6. The van der Waals surface area contributed by atoms with Crippen LogP contribution in [0.1, 0.15) is 26.8 Å². The largest absolute Gasteiger partial charge is 0.377 e. The van der Waals surface area contributed by atoms with Crippen LogP contribution in [0.3, 0.4) is 0 Å². The van der Waals surface area contributed by atoms with Gasteiger partial charge in [0, 0.05) is 18.2 Å². The maximum absolute atomic E-state index is 15.0. The number of nitrogens with zero attached hydrogens (tertiary/aromatic N) is 5. The third-order valence-electron chi connectivity index (χ3n) is 4.91. The fourth-order valence-corrected chi connectivity index (χ4v) is 3.80. The Labute approximate surface area is 167 Å². The van der Waals surface area contributed by atoms with Gasteiger partial charge in [-0.15, -0.1) is 0 Å². The van der Waals surface area contributed by atoms with Gasteiger partial charge in [0.2, 0.25) is 11.9 Å². The first-order chi connectivity index (χ1) is 13.4. The number of fused-ring (bicyclic) bond motifs is 1. The number of ether oxygens (including phenoxy) is 1. The Balaban J connectivity index is 1.94. The van der Waals surface area contributed by atoms with E-state index in [4.69, 9.17) is 22.1 Å². The second-order valence-electron chi connectivity index (χ2n) is 7.24. The third-order valence-corrected chi connectivity index (χ3v) is 5.18. The highest BCUT2D eigenvalue weighted by Crippen LogP contribution is 2.35. The molecular weight excluding hydrogens is 383 g/mol. The average molecular weight is 405 g/mol. The predicted octanol–water partition coefficient (Wildman–Crippen LogP) is 3.67. The maximum atomic E-state index is 15.0. The van der Waals surface area contributed by atoms with Crippen LogP contribution in [0.2, 0.25) is 5.02 Å². The molecule has 2 N–H and O–H groups in total. The Morgan fingerprint density at radius 1 is 1.32 bits per heavy atom. The van der Waals surface area contributed by atoms with Crippen molar-refractivity contribution in [3.8, 4) is 11.3 Å². The number of nitrogen functional groups attached to an aromatic ring is 1. The summed E-state index contributed by atoms with van der Waals surface area (Å²) in [5, 5.41) is 0.311. The molecule has 1 aliphatic heterocycles. The number of hydrogen-bond acceptors (Lipinski definition) is 6. The predicted molar refractivity (Wildman–Crippen MR) is 108 cm³/mol. The molecule has 148 valence electrons. The van der Waals surface area contributed by atoms with Crippen LogP contribution in [0, 0.1) is 5.82 Å². The summed E-state index contributed by atoms with van der Waals surface area (Å²) in [6.45, 7) is 8.13. The van der Waals surface area contributed by atoms with Crippen molar-refractivity contribution < 1.29 is 9.13 Å². The minimum absolute atomic E-state index is 0.0793. The Kier molecular flexibility index (Phi) is 4.84. The number of rotatable bonds is 3. The molecule has 0 radical (unpaired) electrons. The lowest BCUT2D eigenvalue weighted by molar-refractivity contribution is 0.0976. The van der Waals surface area contributed by atoms with E-state index in [0.29, 0.717) is 47.1 Å². The molecule has 0 amide bonds. The Hall–Kier alpha value is -2.45. The lowest BCUT2D eigenvalue weighted by atomic mass is 10.1. The molecule has 1 aromatic carbocycles. The normalized spacial score (nSPS) is 17.6. The summed E-state index contributed by atoms with van der Waals surface area (Å²) in [5.74, 6) is 0.396. The summed E-state index contributed by atoms with van der Waals surface area (Å²) in [7, 11) is 0. The van der Waals surface area contributed by atoms with E-state index in [1.54, 1.807) is 0 Å². The second kappa shape index (κ2) is 7.18. The zero-order chi connectivity index (χ0) is 20.0. The van der Waals surface area contributed by atoms with E-state index in [2.05, 4.69) is 40.6 Å². The first kappa shape index (κ1) is 18.9. The highest BCUT2D eigenvalue weighted by atomic mass is 35.5. The molecule has 0 unspecified atom stereocenters. The quantitative estimate of drug-likeness (QED) is 0.717. The molecule has 0 spiro atoms. The molecule has 3 heterocycles. The molecule has 7 nitrogen and oxygen atoms in total. The average Bonchev–Trinajstić information content (AvgIpc) is 3.04. The van der Waals surface area contributed by atoms with E-state index in [9.17, 15) is 0 Å². The fraction of sp³-hybridized carbons (Fsp3) is 0.421. The van der Waals surface area contributed by atoms with Gasteiger partial charge in [0.15, 0.2) is 5.82 Å². The molecule has 1 saturated heterocycles. The standard InChI is InChI=1S/C19H22ClFN6O/c1-10(2)27-15-7-12(16-13(20)8-23-18(22)24-16)6-14(21)17(15)25-19(27)26-4-5-28-9-11(26)3/h6-8,10-11H,4-5,9H2,1-3H3,(H2,22,23,24)/t11-/m1/s1. The Morgan fingerprint density at radius 2 is 2.11 bits per heavy atom. The molecule has 1 aliphatic rings. The van der Waals surface area contributed by atoms with E-state index in [-0.39, 0.29) is 18.0 Å². The molecule has 4 rings (SSSR count). The molecule has 3 aromatic rings. The number of anilines is 2. The number of benzene rings is 1. The lowest BCUT2D eigenvalue weighted by Crippen LogP contribution is -2.45. The van der Waals surface area contributed by atoms with Gasteiger partial charge in [0.25, 0.3) is 0 Å². The van der Waals surface area contributed by atoms with Gasteiger partial charge in [0.1, 0.15) is 5.52 Å². The Bertz CT molecular complexity index is 1040. The van der Waals surface area contributed by atoms with Crippen LogP contribution in [0.4, 0.5) is 16.3 Å². The van der Waals surface area contributed by atoms with Gasteiger partial charge >= 0.3 is 0 Å². The first-order valence-electron chi connectivity index (χ1n) is 9.21. The molecule has 2 aromatic heterocycles. The highest BCUT2D eigenvalue weighted by molar-refractivity contribution is 6.33. The fourth-order valence-electron chi connectivity index (χ4n) is 3.60. The monoisotopic (exact) mass is 404 g/mol. The van der Waals surface area contributed by atoms with Gasteiger partial charge in [-0.25, -0.2) is 19.3 Å². The maximum Gasteiger partial charge on any atom is 0.220 e. The first-order valence-corrected chi connectivity index (χ1v) is 9.59. The smallest absolute Gasteiger partial charge is 0.220 e. The van der Waals surface area contributed by atoms with Crippen LogP contribution < -0.4 is 10.6 Å². The number of morpholine rings is 1. The van der Waals surface area contributed by atoms with Crippen LogP contribution in [0.25, 0.3) is 22.3 Å². The van der Waals surface area contributed by atoms with E-state index >= 15 is 4.39 Å². The van der Waals surface area contributed by atoms with Gasteiger partial charge in [-0.1, -0.05) is 11.6 Å². The van der Waals surface area contributed by atoms with Crippen molar-refractivity contribution in [2.24, 2.45) is 0 Å². The minimum atomic E-state index is -0.428. The van der Waals surface area contributed by atoms with Crippen LogP contribution in [-0.4, -0.2) is 45.3 Å². The van der Waals surface area contributed by atoms with Crippen LogP contribution in [-0.2, 0) is 4.74 Å². The van der Waals surface area contributed by atoms with Gasteiger partial charge < -0.3 is 19.9 Å². The van der Waals surface area contributed by atoms with Crippen molar-refractivity contribution in [1.82, 2.24) is 19.5 Å². The van der Waals surface area contributed by atoms with Gasteiger partial charge in [-0.3, -0.25) is 0 Å². The molecule has 0 aliphatic carbocycles. The van der Waals surface area contributed by atoms with Crippen molar-refractivity contribution in [2.75, 3.05) is 30.4 Å². The van der Waals surface area contributed by atoms with Crippen LogP contribution in [0.15, 0.2) is 18.3 Å². The second-order valence-corrected chi connectivity index (χ2v) is 7.65. The number of hydrogen-bond donors (Lipinski definition) is 1. The Morgan fingerprint density at radius 3 is 2.82 bits per heavy atom. The van der Waals surface area contributed by atoms with E-state index in [1.807, 2.05) is 10.6 Å². The molecule has 9 heteroatoms.